The van der Waals surface area contributed by atoms with Crippen LogP contribution >= 0.6 is 0 Å². The van der Waals surface area contributed by atoms with Crippen molar-refractivity contribution in [2.45, 2.75) is 143 Å². The minimum atomic E-state index is -0.0630. The summed E-state index contributed by atoms with van der Waals surface area (Å²) >= 11 is 0. The van der Waals surface area contributed by atoms with Gasteiger partial charge >= 0.3 is 0 Å². The Kier molecular flexibility index (Phi) is 17.0. The highest BCUT2D eigenvalue weighted by Crippen LogP contribution is 2.52. The Bertz CT molecular complexity index is 4030. The zero-order chi connectivity index (χ0) is 60.7. The number of anilines is 2. The second-order valence-corrected chi connectivity index (χ2v) is 28.2. The van der Waals surface area contributed by atoms with Crippen molar-refractivity contribution < 1.29 is 9.80 Å². The monoisotopic (exact) mass is 1140 g/mol. The number of fused-ring (bicyclic) bond motifs is 12. The van der Waals surface area contributed by atoms with Crippen LogP contribution in [0.1, 0.15) is 131 Å². The van der Waals surface area contributed by atoms with Crippen molar-refractivity contribution >= 4 is 65.8 Å². The van der Waals surface area contributed by atoms with Crippen LogP contribution in [0, 0.1) is 11.8 Å². The minimum Gasteiger partial charge on any atom is -0.347 e. The van der Waals surface area contributed by atoms with Crippen LogP contribution in [0.2, 0.25) is 0 Å². The topological polar surface area (TPSA) is 15.4 Å². The van der Waals surface area contributed by atoms with Crippen LogP contribution in [-0.2, 0) is 21.7 Å². The van der Waals surface area contributed by atoms with Gasteiger partial charge in [0.2, 0.25) is 0 Å². The molecule has 4 heteroatoms. The third-order valence-corrected chi connectivity index (χ3v) is 20.2. The van der Waals surface area contributed by atoms with Crippen LogP contribution in [0.25, 0.3) is 43.1 Å². The Morgan fingerprint density at radius 1 is 0.384 bits per heavy atom. The first-order chi connectivity index (χ1) is 41.2. The number of likely N-dealkylation sites (N-methyl/N-ethyl adjacent to an activating group) is 2. The zero-order valence-electron chi connectivity index (χ0n) is 54.2. The lowest BCUT2D eigenvalue weighted by Gasteiger charge is -2.28. The largest absolute Gasteiger partial charge is 0.347 e. The molecule has 0 spiro atoms. The van der Waals surface area contributed by atoms with Gasteiger partial charge in [-0.05, 0) is 168 Å². The zero-order valence-corrected chi connectivity index (χ0v) is 54.2. The summed E-state index contributed by atoms with van der Waals surface area (Å²) in [6.07, 6.45) is 32.3. The molecule has 0 amide bonds. The van der Waals surface area contributed by atoms with Crippen LogP contribution in [0.4, 0.5) is 22.7 Å². The number of quaternary nitrogens is 2. The quantitative estimate of drug-likeness (QED) is 0.0995. The van der Waals surface area contributed by atoms with Crippen LogP contribution in [0.3, 0.4) is 0 Å². The fourth-order valence-electron chi connectivity index (χ4n) is 16.0. The number of hydrogen-bond donors (Lipinski definition) is 2. The van der Waals surface area contributed by atoms with E-state index in [0.29, 0.717) is 12.1 Å². The van der Waals surface area contributed by atoms with Gasteiger partial charge in [-0.1, -0.05) is 213 Å². The maximum Gasteiger partial charge on any atom is 0.136 e. The molecule has 4 unspecified atom stereocenters. The van der Waals surface area contributed by atoms with Gasteiger partial charge in [-0.15, -0.1) is 0 Å². The van der Waals surface area contributed by atoms with Gasteiger partial charge in [0.05, 0.1) is 23.9 Å². The first-order valence-electron chi connectivity index (χ1n) is 32.3. The molecule has 442 valence electrons. The van der Waals surface area contributed by atoms with E-state index in [4.69, 9.17) is 0 Å². The van der Waals surface area contributed by atoms with Crippen molar-refractivity contribution in [2.24, 2.45) is 11.8 Å². The molecule has 4 nitrogen and oxygen atoms in total. The second-order valence-electron chi connectivity index (χ2n) is 28.2. The Labute approximate surface area is 516 Å². The van der Waals surface area contributed by atoms with E-state index in [0.717, 1.165) is 11.8 Å². The second kappa shape index (κ2) is 24.3. The summed E-state index contributed by atoms with van der Waals surface area (Å²) in [6.45, 7) is 30.9. The SMILES string of the molecule is CC(C)CCC[NH+]1c2ccc3ccccc3c2C(C)(C)C1/C=C/C=C/C=C/C=C1/N(C)c2ccc3ccccc3c2C1(C)C.CC(C)CCC[NH+]1c2ccc3ccccc3c2C(C)(C)C1/C=C/C=C/C=C1/N(C)c2ccc3ccccc3c2C1(C)C. The molecule has 4 heterocycles. The lowest BCUT2D eigenvalue weighted by atomic mass is 9.78. The number of rotatable bonds is 15. The van der Waals surface area contributed by atoms with E-state index in [1.165, 1.54) is 138 Å². The molecule has 0 fully saturated rings. The number of benzene rings is 8. The Morgan fingerprint density at radius 3 is 1.07 bits per heavy atom. The van der Waals surface area contributed by atoms with E-state index in [1.54, 1.807) is 9.80 Å². The minimum absolute atomic E-state index is 0.0442. The molecule has 4 atom stereocenters. The van der Waals surface area contributed by atoms with Gasteiger partial charge in [-0.3, -0.25) is 9.80 Å². The smallest absolute Gasteiger partial charge is 0.136 e. The van der Waals surface area contributed by atoms with E-state index >= 15 is 0 Å². The fraction of sp³-hybridized carbons (Fsp3) is 0.341. The van der Waals surface area contributed by atoms with E-state index in [9.17, 15) is 0 Å². The van der Waals surface area contributed by atoms with Gasteiger partial charge in [0.1, 0.15) is 23.5 Å². The first-order valence-corrected chi connectivity index (χ1v) is 32.3. The van der Waals surface area contributed by atoms with Gasteiger partial charge in [-0.25, -0.2) is 0 Å². The molecule has 0 saturated carbocycles. The van der Waals surface area contributed by atoms with Gasteiger partial charge in [0, 0.05) is 71.0 Å². The fourth-order valence-corrected chi connectivity index (χ4v) is 16.0. The normalized spacial score (nSPS) is 21.8. The molecule has 4 aliphatic rings. The molecule has 2 N–H and O–H groups in total. The lowest BCUT2D eigenvalue weighted by molar-refractivity contribution is -0.850. The van der Waals surface area contributed by atoms with Gasteiger partial charge in [-0.2, -0.15) is 0 Å². The lowest BCUT2D eigenvalue weighted by Crippen LogP contribution is -3.10. The van der Waals surface area contributed by atoms with Crippen molar-refractivity contribution in [1.29, 1.82) is 0 Å². The van der Waals surface area contributed by atoms with Crippen LogP contribution in [-0.4, -0.2) is 39.3 Å². The molecule has 0 aromatic heterocycles. The molecule has 0 saturated heterocycles. The summed E-state index contributed by atoms with van der Waals surface area (Å²) in [7, 11) is 4.40. The maximum atomic E-state index is 2.47. The molecular weight excluding hydrogens is 1040 g/mol. The summed E-state index contributed by atoms with van der Waals surface area (Å²) < 4.78 is 0. The highest BCUT2D eigenvalue weighted by molar-refractivity contribution is 5.96. The number of hydrogen-bond acceptors (Lipinski definition) is 2. The molecule has 0 radical (unpaired) electrons. The third-order valence-electron chi connectivity index (χ3n) is 20.2. The van der Waals surface area contributed by atoms with E-state index in [2.05, 4.69) is 325 Å². The summed E-state index contributed by atoms with van der Waals surface area (Å²) in [6, 6.07) is 54.7. The van der Waals surface area contributed by atoms with Crippen LogP contribution in [0.15, 0.2) is 230 Å². The highest BCUT2D eigenvalue weighted by atomic mass is 15.2. The predicted octanol–water partition coefficient (Wildman–Crippen LogP) is 18.6. The molecule has 8 aromatic carbocycles. The van der Waals surface area contributed by atoms with Gasteiger partial charge in [0.15, 0.2) is 0 Å². The van der Waals surface area contributed by atoms with E-state index in [-0.39, 0.29) is 21.7 Å². The van der Waals surface area contributed by atoms with Gasteiger partial charge < -0.3 is 9.80 Å². The van der Waals surface area contributed by atoms with Crippen molar-refractivity contribution in [1.82, 2.24) is 0 Å². The Balaban J connectivity index is 0.000000179. The summed E-state index contributed by atoms with van der Waals surface area (Å²) in [4.78, 5) is 7.96. The molecular formula is C82H96N4+2. The number of nitrogens with zero attached hydrogens (tertiary/aromatic N) is 2. The Hall–Kier alpha value is -7.50. The van der Waals surface area contributed by atoms with Crippen molar-refractivity contribution in [3.8, 4) is 0 Å². The highest BCUT2D eigenvalue weighted by Gasteiger charge is 2.50. The average molecular weight is 1140 g/mol. The van der Waals surface area contributed by atoms with Crippen molar-refractivity contribution in [3.63, 3.8) is 0 Å². The number of nitrogens with one attached hydrogen (secondary N) is 2. The van der Waals surface area contributed by atoms with Crippen LogP contribution < -0.4 is 19.6 Å². The first kappa shape index (κ1) is 60.2. The summed E-state index contributed by atoms with van der Waals surface area (Å²) in [5.41, 5.74) is 14.1. The Morgan fingerprint density at radius 2 is 0.698 bits per heavy atom. The molecule has 4 aliphatic heterocycles. The number of allylic oxidation sites excluding steroid dienone is 12. The third kappa shape index (κ3) is 11.1. The van der Waals surface area contributed by atoms with E-state index < -0.39 is 0 Å². The predicted molar refractivity (Wildman–Crippen MR) is 373 cm³/mol. The van der Waals surface area contributed by atoms with Crippen LogP contribution in [0.5, 0.6) is 0 Å². The standard InChI is InChI=1S/C42H48N2.C40H46N2/c1-30(2)18-17-29-44-36-28-26-32-20-14-16-22-34(32)40(36)42(5,6)38(44)24-12-10-8-9-11-23-37-41(3,4)39-33-21-15-13-19-31(33)25-27-35(39)43(37)7;1-28(2)16-15-27-42-34-26-24-30-18-12-14-20-32(30)38(34)40(5,6)36(42)22-10-8-9-21-35-39(3,4)37-31-19-13-11-17-29(31)23-25-33(37)41(35)7/h8-16,19-28,30,38H,17-18,29H2,1-7H3;8-14,17-26,28,36H,15-16,27H2,1-7H3/p+2/b10-8+,11-9+,24-12+,37-23+;9-8+,22-10+,35-21+. The summed E-state index contributed by atoms with van der Waals surface area (Å²) in [5.74, 6) is 1.48. The molecule has 12 rings (SSSR count). The van der Waals surface area contributed by atoms with E-state index in [1.807, 2.05) is 0 Å². The van der Waals surface area contributed by atoms with Gasteiger partial charge in [0.25, 0.3) is 0 Å². The molecule has 0 aliphatic carbocycles. The van der Waals surface area contributed by atoms with Crippen molar-refractivity contribution in [2.75, 3.05) is 37.0 Å². The maximum absolute atomic E-state index is 2.47. The van der Waals surface area contributed by atoms with Crippen molar-refractivity contribution in [3.05, 3.63) is 252 Å². The average Bonchev–Trinajstić information content (AvgIpc) is 1.71. The molecule has 86 heavy (non-hydrogen) atoms. The molecule has 8 aromatic rings. The molecule has 0 bridgehead atoms. The summed E-state index contributed by atoms with van der Waals surface area (Å²) in [5, 5.41) is 10.8.